The lowest BCUT2D eigenvalue weighted by molar-refractivity contribution is 0.0699. The van der Waals surface area contributed by atoms with Crippen molar-refractivity contribution in [2.75, 3.05) is 26.2 Å². The second-order valence-corrected chi connectivity index (χ2v) is 8.70. The maximum Gasteiger partial charge on any atom is 0.254 e. The van der Waals surface area contributed by atoms with E-state index in [9.17, 15) is 22.0 Å². The summed E-state index contributed by atoms with van der Waals surface area (Å²) in [7, 11) is -4.18. The zero-order chi connectivity index (χ0) is 20.6. The van der Waals surface area contributed by atoms with E-state index in [0.717, 1.165) is 27.2 Å². The summed E-state index contributed by atoms with van der Waals surface area (Å²) >= 11 is 0. The molecule has 1 aliphatic heterocycles. The average molecular weight is 416 g/mol. The Morgan fingerprint density at radius 2 is 1.55 bits per heavy atom. The number of carbonyl (C=O) groups is 1. The maximum atomic E-state index is 14.0. The summed E-state index contributed by atoms with van der Waals surface area (Å²) in [6, 6.07) is 15.4. The molecule has 0 saturated carbocycles. The van der Waals surface area contributed by atoms with Crippen LogP contribution in [0.25, 0.3) is 10.8 Å². The molecule has 0 N–H and O–H groups in total. The van der Waals surface area contributed by atoms with Gasteiger partial charge >= 0.3 is 0 Å². The lowest BCUT2D eigenvalue weighted by atomic mass is 10.0. The van der Waals surface area contributed by atoms with E-state index in [-0.39, 0.29) is 32.1 Å². The molecule has 0 aliphatic carbocycles. The van der Waals surface area contributed by atoms with Crippen LogP contribution in [0.3, 0.4) is 0 Å². The van der Waals surface area contributed by atoms with Gasteiger partial charge in [0.1, 0.15) is 16.5 Å². The number of nitrogens with zero attached hydrogens (tertiary/aromatic N) is 2. The quantitative estimate of drug-likeness (QED) is 0.659. The molecular weight excluding hydrogens is 398 g/mol. The summed E-state index contributed by atoms with van der Waals surface area (Å²) in [6.07, 6.45) is 0. The first-order valence-corrected chi connectivity index (χ1v) is 10.5. The highest BCUT2D eigenvalue weighted by atomic mass is 32.2. The van der Waals surface area contributed by atoms with E-state index in [1.54, 1.807) is 11.0 Å². The van der Waals surface area contributed by atoms with Crippen LogP contribution in [0.2, 0.25) is 0 Å². The van der Waals surface area contributed by atoms with Gasteiger partial charge in [0.15, 0.2) is 0 Å². The number of hydrogen-bond acceptors (Lipinski definition) is 3. The molecule has 1 heterocycles. The smallest absolute Gasteiger partial charge is 0.254 e. The molecule has 3 aromatic carbocycles. The first-order valence-electron chi connectivity index (χ1n) is 9.10. The van der Waals surface area contributed by atoms with Gasteiger partial charge in [-0.05, 0) is 35.0 Å². The van der Waals surface area contributed by atoms with Crippen molar-refractivity contribution in [3.05, 3.63) is 77.9 Å². The Hall–Kier alpha value is -2.84. The fourth-order valence-electron chi connectivity index (χ4n) is 3.53. The van der Waals surface area contributed by atoms with Crippen molar-refractivity contribution in [3.8, 4) is 0 Å². The van der Waals surface area contributed by atoms with E-state index in [4.69, 9.17) is 0 Å². The highest BCUT2D eigenvalue weighted by Gasteiger charge is 2.32. The molecule has 1 fully saturated rings. The Bertz CT molecular complexity index is 1180. The van der Waals surface area contributed by atoms with Crippen molar-refractivity contribution in [2.24, 2.45) is 0 Å². The molecule has 4 rings (SSSR count). The third-order valence-corrected chi connectivity index (χ3v) is 6.97. The molecule has 1 saturated heterocycles. The molecule has 0 atom stereocenters. The molecule has 0 unspecified atom stereocenters. The van der Waals surface area contributed by atoms with Crippen molar-refractivity contribution in [2.45, 2.75) is 4.90 Å². The van der Waals surface area contributed by atoms with Gasteiger partial charge in [0.25, 0.3) is 5.91 Å². The molecule has 1 aliphatic rings. The number of fused-ring (bicyclic) bond motifs is 1. The zero-order valence-corrected chi connectivity index (χ0v) is 16.2. The van der Waals surface area contributed by atoms with Gasteiger partial charge in [-0.3, -0.25) is 4.79 Å². The molecule has 0 radical (unpaired) electrons. The molecule has 29 heavy (non-hydrogen) atoms. The molecule has 5 nitrogen and oxygen atoms in total. The van der Waals surface area contributed by atoms with E-state index in [1.807, 2.05) is 36.4 Å². The molecule has 3 aromatic rings. The van der Waals surface area contributed by atoms with Crippen LogP contribution in [0.1, 0.15) is 10.4 Å². The van der Waals surface area contributed by atoms with Crippen LogP contribution in [0.4, 0.5) is 8.78 Å². The summed E-state index contributed by atoms with van der Waals surface area (Å²) < 4.78 is 53.9. The van der Waals surface area contributed by atoms with Gasteiger partial charge in [-0.15, -0.1) is 0 Å². The summed E-state index contributed by atoms with van der Waals surface area (Å²) in [6.45, 7) is 0.347. The number of sulfonamides is 1. The number of halogens is 2. The van der Waals surface area contributed by atoms with Crippen LogP contribution in [-0.4, -0.2) is 49.7 Å². The van der Waals surface area contributed by atoms with Gasteiger partial charge in [-0.1, -0.05) is 36.4 Å². The van der Waals surface area contributed by atoms with Crippen LogP contribution in [0.5, 0.6) is 0 Å². The monoisotopic (exact) mass is 416 g/mol. The van der Waals surface area contributed by atoms with Gasteiger partial charge in [-0.2, -0.15) is 4.31 Å². The number of hydrogen-bond donors (Lipinski definition) is 0. The van der Waals surface area contributed by atoms with Crippen molar-refractivity contribution in [1.82, 2.24) is 9.21 Å². The molecule has 0 bridgehead atoms. The van der Waals surface area contributed by atoms with Crippen LogP contribution in [0.15, 0.2) is 65.6 Å². The van der Waals surface area contributed by atoms with Gasteiger partial charge < -0.3 is 4.90 Å². The van der Waals surface area contributed by atoms with Crippen molar-refractivity contribution >= 4 is 26.7 Å². The topological polar surface area (TPSA) is 57.7 Å². The number of amides is 1. The fourth-order valence-corrected chi connectivity index (χ4v) is 5.03. The van der Waals surface area contributed by atoms with Gasteiger partial charge in [0, 0.05) is 31.7 Å². The standard InChI is InChI=1S/C21H18F2N2O3S/c22-16-8-9-19(23)20(14-16)29(27,28)25-12-10-24(11-13-25)21(26)18-7-3-5-15-4-1-2-6-17(15)18/h1-9,14H,10-13H2. The van der Waals surface area contributed by atoms with E-state index in [2.05, 4.69) is 0 Å². The van der Waals surface area contributed by atoms with Crippen molar-refractivity contribution in [1.29, 1.82) is 0 Å². The second-order valence-electron chi connectivity index (χ2n) is 6.80. The third-order valence-electron chi connectivity index (χ3n) is 5.06. The lowest BCUT2D eigenvalue weighted by Gasteiger charge is -2.34. The molecule has 0 spiro atoms. The number of carbonyl (C=O) groups excluding carboxylic acids is 1. The van der Waals surface area contributed by atoms with Crippen LogP contribution in [-0.2, 0) is 10.0 Å². The normalized spacial score (nSPS) is 15.6. The SMILES string of the molecule is O=C(c1cccc2ccccc12)N1CCN(S(=O)(=O)c2cc(F)ccc2F)CC1. The molecule has 8 heteroatoms. The Morgan fingerprint density at radius 1 is 0.862 bits per heavy atom. The van der Waals surface area contributed by atoms with Gasteiger partial charge in [0.2, 0.25) is 10.0 Å². The molecular formula is C21H18F2N2O3S. The van der Waals surface area contributed by atoms with Gasteiger partial charge in [0.05, 0.1) is 0 Å². The summed E-state index contributed by atoms with van der Waals surface area (Å²) in [5.74, 6) is -2.01. The average Bonchev–Trinajstić information content (AvgIpc) is 2.74. The minimum atomic E-state index is -4.18. The molecule has 1 amide bonds. The minimum absolute atomic E-state index is 0.00872. The van der Waals surface area contributed by atoms with Crippen LogP contribution >= 0.6 is 0 Å². The summed E-state index contributed by atoms with van der Waals surface area (Å²) in [4.78, 5) is 13.9. The van der Waals surface area contributed by atoms with Crippen molar-refractivity contribution < 1.29 is 22.0 Å². The van der Waals surface area contributed by atoms with E-state index < -0.39 is 26.6 Å². The maximum absolute atomic E-state index is 14.0. The van der Waals surface area contributed by atoms with E-state index in [1.165, 1.54) is 0 Å². The Morgan fingerprint density at radius 3 is 2.31 bits per heavy atom. The number of benzene rings is 3. The van der Waals surface area contributed by atoms with E-state index >= 15 is 0 Å². The highest BCUT2D eigenvalue weighted by molar-refractivity contribution is 7.89. The Labute approximate surface area is 167 Å². The molecule has 150 valence electrons. The first kappa shape index (κ1) is 19.5. The van der Waals surface area contributed by atoms with Crippen molar-refractivity contribution in [3.63, 3.8) is 0 Å². The predicted octanol–water partition coefficient (Wildman–Crippen LogP) is 3.26. The van der Waals surface area contributed by atoms with Crippen LogP contribution in [0, 0.1) is 11.6 Å². The third kappa shape index (κ3) is 3.61. The predicted molar refractivity (Wildman–Crippen MR) is 105 cm³/mol. The number of rotatable bonds is 3. The fraction of sp³-hybridized carbons (Fsp3) is 0.190. The number of piperazine rings is 1. The molecule has 0 aromatic heterocycles. The summed E-state index contributed by atoms with van der Waals surface area (Å²) in [5.41, 5.74) is 0.551. The largest absolute Gasteiger partial charge is 0.336 e. The first-order chi connectivity index (χ1) is 13.9. The Balaban J connectivity index is 1.53. The van der Waals surface area contributed by atoms with Gasteiger partial charge in [-0.25, -0.2) is 17.2 Å². The second kappa shape index (κ2) is 7.53. The highest BCUT2D eigenvalue weighted by Crippen LogP contribution is 2.24. The van der Waals surface area contributed by atoms with E-state index in [0.29, 0.717) is 11.6 Å². The minimum Gasteiger partial charge on any atom is -0.336 e. The lowest BCUT2D eigenvalue weighted by Crippen LogP contribution is -2.50. The summed E-state index contributed by atoms with van der Waals surface area (Å²) in [5, 5.41) is 1.78. The van der Waals surface area contributed by atoms with Crippen LogP contribution < -0.4 is 0 Å². The zero-order valence-electron chi connectivity index (χ0n) is 15.4. The Kier molecular flexibility index (Phi) is 5.06.